The molecule has 0 saturated carbocycles. The Balaban J connectivity index is 1.54. The molecule has 1 aliphatic rings. The minimum Gasteiger partial charge on any atom is -0.338 e. The number of hydrogen-bond acceptors (Lipinski definition) is 4. The van der Waals surface area contributed by atoms with Gasteiger partial charge in [0, 0.05) is 43.1 Å². The first-order valence-corrected chi connectivity index (χ1v) is 10.7. The minimum absolute atomic E-state index is 0.00352. The third-order valence-corrected chi connectivity index (χ3v) is 6.36. The lowest BCUT2D eigenvalue weighted by molar-refractivity contribution is 0.0670. The summed E-state index contributed by atoms with van der Waals surface area (Å²) in [5.74, 6) is 0.00352. The van der Waals surface area contributed by atoms with Crippen molar-refractivity contribution in [3.63, 3.8) is 0 Å². The highest BCUT2D eigenvalue weighted by atomic mass is 35.5. The van der Waals surface area contributed by atoms with Crippen molar-refractivity contribution in [3.05, 3.63) is 45.9 Å². The van der Waals surface area contributed by atoms with Crippen molar-refractivity contribution in [2.45, 2.75) is 13.8 Å². The molecule has 0 bridgehead atoms. The molecule has 0 spiro atoms. The number of benzene rings is 1. The molecular weight excluding hydrogens is 410 g/mol. The monoisotopic (exact) mass is 431 g/mol. The van der Waals surface area contributed by atoms with Crippen LogP contribution in [0.1, 0.15) is 22.3 Å². The second kappa shape index (κ2) is 8.04. The number of fused-ring (bicyclic) bond motifs is 1. The van der Waals surface area contributed by atoms with E-state index in [1.54, 1.807) is 4.90 Å². The fraction of sp³-hybridized carbons (Fsp3) is 0.350. The molecule has 7 nitrogen and oxygen atoms in total. The molecule has 1 aliphatic heterocycles. The van der Waals surface area contributed by atoms with Crippen molar-refractivity contribution in [1.29, 1.82) is 0 Å². The van der Waals surface area contributed by atoms with Crippen LogP contribution < -0.4 is 5.32 Å². The highest BCUT2D eigenvalue weighted by molar-refractivity contribution is 7.20. The number of amides is 3. The second-order valence-electron chi connectivity index (χ2n) is 6.92. The van der Waals surface area contributed by atoms with Gasteiger partial charge in [0.05, 0.1) is 16.3 Å². The van der Waals surface area contributed by atoms with Crippen molar-refractivity contribution in [1.82, 2.24) is 24.9 Å². The third kappa shape index (κ3) is 3.82. The van der Waals surface area contributed by atoms with E-state index >= 15 is 0 Å². The SMILES string of the molecule is CCNC(=O)N1CCN(C(=O)c2cc3c(C)nn(-c4ccc(Cl)cc4)c3s2)CC1. The van der Waals surface area contributed by atoms with Crippen LogP contribution in [0, 0.1) is 6.92 Å². The number of rotatable bonds is 3. The van der Waals surface area contributed by atoms with E-state index in [-0.39, 0.29) is 11.9 Å². The molecule has 3 aromatic rings. The molecule has 3 heterocycles. The van der Waals surface area contributed by atoms with Gasteiger partial charge in [0.25, 0.3) is 5.91 Å². The number of thiophene rings is 1. The van der Waals surface area contributed by atoms with E-state index < -0.39 is 0 Å². The van der Waals surface area contributed by atoms with E-state index in [2.05, 4.69) is 10.4 Å². The van der Waals surface area contributed by atoms with E-state index in [1.807, 2.05) is 53.8 Å². The van der Waals surface area contributed by atoms with Crippen LogP contribution in [-0.2, 0) is 0 Å². The summed E-state index contributed by atoms with van der Waals surface area (Å²) in [5.41, 5.74) is 1.79. The maximum atomic E-state index is 13.0. The first-order valence-electron chi connectivity index (χ1n) is 9.55. The van der Waals surface area contributed by atoms with Gasteiger partial charge in [-0.25, -0.2) is 9.48 Å². The van der Waals surface area contributed by atoms with Crippen molar-refractivity contribution in [2.24, 2.45) is 0 Å². The van der Waals surface area contributed by atoms with E-state index in [0.29, 0.717) is 42.6 Å². The Morgan fingerprint density at radius 3 is 2.45 bits per heavy atom. The smallest absolute Gasteiger partial charge is 0.317 e. The molecule has 2 aromatic heterocycles. The Bertz CT molecular complexity index is 1050. The summed E-state index contributed by atoms with van der Waals surface area (Å²) in [7, 11) is 0. The molecule has 0 atom stereocenters. The van der Waals surface area contributed by atoms with Crippen molar-refractivity contribution in [2.75, 3.05) is 32.7 Å². The number of nitrogens with zero attached hydrogens (tertiary/aromatic N) is 4. The Hall–Kier alpha value is -2.58. The van der Waals surface area contributed by atoms with Crippen LogP contribution in [0.4, 0.5) is 4.79 Å². The van der Waals surface area contributed by atoms with E-state index in [4.69, 9.17) is 11.6 Å². The van der Waals surface area contributed by atoms with Gasteiger partial charge in [-0.3, -0.25) is 4.79 Å². The van der Waals surface area contributed by atoms with Crippen molar-refractivity contribution in [3.8, 4) is 5.69 Å². The predicted molar refractivity (Wildman–Crippen MR) is 115 cm³/mol. The lowest BCUT2D eigenvalue weighted by atomic mass is 10.2. The molecule has 1 N–H and O–H groups in total. The average Bonchev–Trinajstić information content (AvgIpc) is 3.29. The minimum atomic E-state index is -0.0693. The molecule has 0 unspecified atom stereocenters. The maximum Gasteiger partial charge on any atom is 0.317 e. The number of carbonyl (C=O) groups is 2. The Kier molecular flexibility index (Phi) is 5.47. The fourth-order valence-corrected chi connectivity index (χ4v) is 4.72. The lowest BCUT2D eigenvalue weighted by Crippen LogP contribution is -2.53. The van der Waals surface area contributed by atoms with Gasteiger partial charge in [-0.1, -0.05) is 11.6 Å². The number of nitrogens with one attached hydrogen (secondary N) is 1. The van der Waals surface area contributed by atoms with E-state index in [9.17, 15) is 9.59 Å². The van der Waals surface area contributed by atoms with Gasteiger partial charge in [-0.2, -0.15) is 5.10 Å². The Morgan fingerprint density at radius 1 is 1.14 bits per heavy atom. The van der Waals surface area contributed by atoms with Gasteiger partial charge in [-0.05, 0) is 44.2 Å². The molecule has 152 valence electrons. The quantitative estimate of drug-likeness (QED) is 0.689. The highest BCUT2D eigenvalue weighted by Crippen LogP contribution is 2.31. The zero-order valence-electron chi connectivity index (χ0n) is 16.3. The summed E-state index contributed by atoms with van der Waals surface area (Å²) in [5, 5.41) is 9.07. The molecule has 1 aromatic carbocycles. The Labute approximate surface area is 177 Å². The van der Waals surface area contributed by atoms with Gasteiger partial charge in [0.2, 0.25) is 0 Å². The normalized spacial score (nSPS) is 14.4. The van der Waals surface area contributed by atoms with Crippen LogP contribution in [0.15, 0.2) is 30.3 Å². The van der Waals surface area contributed by atoms with Crippen LogP contribution in [0.25, 0.3) is 15.9 Å². The number of aryl methyl sites for hydroxylation is 1. The van der Waals surface area contributed by atoms with Crippen molar-refractivity contribution < 1.29 is 9.59 Å². The summed E-state index contributed by atoms with van der Waals surface area (Å²) in [6, 6.07) is 9.33. The van der Waals surface area contributed by atoms with Crippen LogP contribution in [-0.4, -0.2) is 64.2 Å². The molecule has 0 aliphatic carbocycles. The number of halogens is 1. The van der Waals surface area contributed by atoms with Gasteiger partial charge in [0.1, 0.15) is 4.83 Å². The van der Waals surface area contributed by atoms with Gasteiger partial charge >= 0.3 is 6.03 Å². The van der Waals surface area contributed by atoms with Crippen molar-refractivity contribution >= 4 is 45.1 Å². The van der Waals surface area contributed by atoms with E-state index in [1.165, 1.54) is 11.3 Å². The molecule has 4 rings (SSSR count). The number of aromatic nitrogens is 2. The summed E-state index contributed by atoms with van der Waals surface area (Å²) in [6.07, 6.45) is 0. The predicted octanol–water partition coefficient (Wildman–Crippen LogP) is 3.54. The number of urea groups is 1. The van der Waals surface area contributed by atoms with E-state index in [0.717, 1.165) is 21.6 Å². The zero-order chi connectivity index (χ0) is 20.5. The Morgan fingerprint density at radius 2 is 1.79 bits per heavy atom. The largest absolute Gasteiger partial charge is 0.338 e. The fourth-order valence-electron chi connectivity index (χ4n) is 3.44. The molecule has 9 heteroatoms. The van der Waals surface area contributed by atoms with Crippen LogP contribution in [0.3, 0.4) is 0 Å². The standard InChI is InChI=1S/C20H22ClN5O2S/c1-3-22-20(28)25-10-8-24(9-11-25)18(27)17-12-16-13(2)23-26(19(16)29-17)15-6-4-14(21)5-7-15/h4-7,12H,3,8-11H2,1-2H3,(H,22,28). The summed E-state index contributed by atoms with van der Waals surface area (Å²) < 4.78 is 1.86. The first kappa shape index (κ1) is 19.7. The summed E-state index contributed by atoms with van der Waals surface area (Å²) in [4.78, 5) is 30.2. The zero-order valence-corrected chi connectivity index (χ0v) is 17.9. The molecule has 29 heavy (non-hydrogen) atoms. The lowest BCUT2D eigenvalue weighted by Gasteiger charge is -2.34. The molecule has 1 saturated heterocycles. The molecule has 3 amide bonds. The third-order valence-electron chi connectivity index (χ3n) is 5.01. The van der Waals surface area contributed by atoms with Gasteiger partial charge < -0.3 is 15.1 Å². The molecule has 0 radical (unpaired) electrons. The maximum absolute atomic E-state index is 13.0. The van der Waals surface area contributed by atoms with Gasteiger partial charge in [-0.15, -0.1) is 11.3 Å². The molecular formula is C20H22ClN5O2S. The number of hydrogen-bond donors (Lipinski definition) is 1. The topological polar surface area (TPSA) is 70.5 Å². The number of carbonyl (C=O) groups excluding carboxylic acids is 2. The molecule has 1 fully saturated rings. The van der Waals surface area contributed by atoms with Crippen LogP contribution in [0.5, 0.6) is 0 Å². The average molecular weight is 432 g/mol. The second-order valence-corrected chi connectivity index (χ2v) is 8.38. The summed E-state index contributed by atoms with van der Waals surface area (Å²) >= 11 is 7.44. The van der Waals surface area contributed by atoms with Crippen LogP contribution >= 0.6 is 22.9 Å². The van der Waals surface area contributed by atoms with Gasteiger partial charge in [0.15, 0.2) is 0 Å². The van der Waals surface area contributed by atoms with Crippen LogP contribution in [0.2, 0.25) is 5.02 Å². The highest BCUT2D eigenvalue weighted by Gasteiger charge is 2.26. The summed E-state index contributed by atoms with van der Waals surface area (Å²) in [6.45, 7) is 6.59. The number of piperazine rings is 1. The first-order chi connectivity index (χ1) is 14.0.